The number of thiophene rings is 1. The van der Waals surface area contributed by atoms with Gasteiger partial charge in [0.05, 0.1) is 10.3 Å². The van der Waals surface area contributed by atoms with Crippen LogP contribution in [0.25, 0.3) is 10.2 Å². The van der Waals surface area contributed by atoms with Crippen molar-refractivity contribution in [2.75, 3.05) is 37.3 Å². The third-order valence-corrected chi connectivity index (χ3v) is 6.86. The van der Waals surface area contributed by atoms with Crippen molar-refractivity contribution in [3.8, 4) is 0 Å². The number of rotatable bonds is 3. The van der Waals surface area contributed by atoms with Crippen LogP contribution in [0.3, 0.4) is 0 Å². The molecule has 4 heterocycles. The summed E-state index contributed by atoms with van der Waals surface area (Å²) in [6, 6.07) is 2.04. The van der Waals surface area contributed by atoms with Crippen molar-refractivity contribution in [1.29, 1.82) is 0 Å². The number of piperidine rings is 1. The largest absolute Gasteiger partial charge is 0.356 e. The van der Waals surface area contributed by atoms with Gasteiger partial charge in [-0.25, -0.2) is 9.97 Å². The summed E-state index contributed by atoms with van der Waals surface area (Å²) in [6.07, 6.45) is 10.4. The van der Waals surface area contributed by atoms with Gasteiger partial charge in [0.2, 0.25) is 0 Å². The average Bonchev–Trinajstić information content (AvgIpc) is 2.93. The number of amides is 1. The zero-order chi connectivity index (χ0) is 17.9. The molecule has 0 spiro atoms. The van der Waals surface area contributed by atoms with Gasteiger partial charge in [0.25, 0.3) is 5.91 Å². The Labute approximate surface area is 163 Å². The summed E-state index contributed by atoms with van der Waals surface area (Å²) in [4.78, 5) is 28.7. The lowest BCUT2D eigenvalue weighted by atomic mass is 10.1. The first-order chi connectivity index (χ1) is 12.8. The zero-order valence-electron chi connectivity index (χ0n) is 15.4. The lowest BCUT2D eigenvalue weighted by Crippen LogP contribution is -2.31. The maximum atomic E-state index is 13.0. The molecule has 0 aromatic carbocycles. The van der Waals surface area contributed by atoms with Gasteiger partial charge in [-0.1, -0.05) is 24.6 Å². The normalized spacial score (nSPS) is 19.0. The molecule has 5 nitrogen and oxygen atoms in total. The second kappa shape index (κ2) is 8.13. The number of nitrogens with zero attached hydrogens (tertiary/aromatic N) is 4. The molecule has 7 heteroatoms. The van der Waals surface area contributed by atoms with Crippen molar-refractivity contribution in [2.45, 2.75) is 50.1 Å². The highest BCUT2D eigenvalue weighted by molar-refractivity contribution is 7.98. The second-order valence-corrected chi connectivity index (χ2v) is 8.92. The minimum absolute atomic E-state index is 0.171. The summed E-state index contributed by atoms with van der Waals surface area (Å²) in [5.74, 6) is 1.19. The van der Waals surface area contributed by atoms with Gasteiger partial charge in [0.15, 0.2) is 5.16 Å². The monoisotopic (exact) mass is 390 g/mol. The molecule has 0 aliphatic carbocycles. The van der Waals surface area contributed by atoms with Crippen molar-refractivity contribution in [2.24, 2.45) is 0 Å². The van der Waals surface area contributed by atoms with Crippen LogP contribution >= 0.6 is 23.1 Å². The molecule has 0 bridgehead atoms. The molecule has 0 saturated carbocycles. The highest BCUT2D eigenvalue weighted by Crippen LogP contribution is 2.34. The molecule has 26 heavy (non-hydrogen) atoms. The minimum Gasteiger partial charge on any atom is -0.356 e. The SMILES string of the molecule is CSc1nc(N2CCCCC2)c2cc(C(=O)N3CCCCCC3)sc2n1. The van der Waals surface area contributed by atoms with E-state index in [1.54, 1.807) is 11.8 Å². The standard InChI is InChI=1S/C19H26N4OS2/c1-25-19-20-16(22-9-7-4-8-10-22)14-13-15(26-17(14)21-19)18(24)23-11-5-2-3-6-12-23/h13H,2-12H2,1H3. The fraction of sp³-hybridized carbons (Fsp3) is 0.632. The number of hydrogen-bond acceptors (Lipinski definition) is 6. The zero-order valence-corrected chi connectivity index (χ0v) is 17.0. The quantitative estimate of drug-likeness (QED) is 0.573. The van der Waals surface area contributed by atoms with Gasteiger partial charge >= 0.3 is 0 Å². The summed E-state index contributed by atoms with van der Waals surface area (Å²) in [5.41, 5.74) is 0. The summed E-state index contributed by atoms with van der Waals surface area (Å²) in [7, 11) is 0. The lowest BCUT2D eigenvalue weighted by molar-refractivity contribution is 0.0766. The van der Waals surface area contributed by atoms with Crippen LogP contribution in [-0.4, -0.2) is 53.2 Å². The van der Waals surface area contributed by atoms with Crippen LogP contribution in [0.2, 0.25) is 0 Å². The molecule has 2 saturated heterocycles. The molecule has 0 radical (unpaired) electrons. The Kier molecular flexibility index (Phi) is 5.64. The van der Waals surface area contributed by atoms with E-state index in [1.165, 1.54) is 43.4 Å². The summed E-state index contributed by atoms with van der Waals surface area (Å²) < 4.78 is 0. The van der Waals surface area contributed by atoms with E-state index < -0.39 is 0 Å². The molecule has 1 amide bonds. The fourth-order valence-electron chi connectivity index (χ4n) is 3.86. The van der Waals surface area contributed by atoms with Crippen LogP contribution in [0, 0.1) is 0 Å². The Hall–Kier alpha value is -1.34. The number of hydrogen-bond donors (Lipinski definition) is 0. The van der Waals surface area contributed by atoms with Gasteiger partial charge in [-0.3, -0.25) is 4.79 Å². The molecule has 0 N–H and O–H groups in total. The molecule has 4 rings (SSSR count). The Morgan fingerprint density at radius 2 is 1.65 bits per heavy atom. The van der Waals surface area contributed by atoms with Crippen LogP contribution < -0.4 is 4.90 Å². The van der Waals surface area contributed by atoms with E-state index in [2.05, 4.69) is 9.88 Å². The fourth-order valence-corrected chi connectivity index (χ4v) is 5.27. The topological polar surface area (TPSA) is 49.3 Å². The Morgan fingerprint density at radius 1 is 1.00 bits per heavy atom. The molecule has 0 atom stereocenters. The van der Waals surface area contributed by atoms with Gasteiger partial charge < -0.3 is 9.80 Å². The van der Waals surface area contributed by atoms with Crippen molar-refractivity contribution in [3.05, 3.63) is 10.9 Å². The van der Waals surface area contributed by atoms with Gasteiger partial charge in [0.1, 0.15) is 10.6 Å². The highest BCUT2D eigenvalue weighted by atomic mass is 32.2. The number of aromatic nitrogens is 2. The van der Waals surface area contributed by atoms with Gasteiger partial charge in [-0.15, -0.1) is 11.3 Å². The minimum atomic E-state index is 0.171. The first-order valence-electron chi connectivity index (χ1n) is 9.66. The van der Waals surface area contributed by atoms with E-state index in [1.807, 2.05) is 17.2 Å². The smallest absolute Gasteiger partial charge is 0.264 e. The van der Waals surface area contributed by atoms with Gasteiger partial charge in [-0.2, -0.15) is 0 Å². The molecular formula is C19H26N4OS2. The summed E-state index contributed by atoms with van der Waals surface area (Å²) in [6.45, 7) is 3.86. The number of carbonyl (C=O) groups is 1. The van der Waals surface area contributed by atoms with E-state index in [0.29, 0.717) is 0 Å². The molecule has 2 aromatic heterocycles. The predicted octanol–water partition coefficient (Wildman–Crippen LogP) is 4.42. The number of carbonyl (C=O) groups excluding carboxylic acids is 1. The number of thioether (sulfide) groups is 1. The number of likely N-dealkylation sites (tertiary alicyclic amines) is 1. The Morgan fingerprint density at radius 3 is 2.35 bits per heavy atom. The van der Waals surface area contributed by atoms with Crippen LogP contribution in [0.15, 0.2) is 11.2 Å². The Bertz CT molecular complexity index is 777. The van der Waals surface area contributed by atoms with Crippen LogP contribution in [0.1, 0.15) is 54.6 Å². The third kappa shape index (κ3) is 3.69. The molecule has 2 fully saturated rings. The average molecular weight is 391 g/mol. The molecular weight excluding hydrogens is 364 g/mol. The maximum absolute atomic E-state index is 13.0. The first kappa shape index (κ1) is 18.0. The maximum Gasteiger partial charge on any atom is 0.264 e. The van der Waals surface area contributed by atoms with Gasteiger partial charge in [-0.05, 0) is 44.4 Å². The van der Waals surface area contributed by atoms with Crippen LogP contribution in [0.5, 0.6) is 0 Å². The molecule has 0 unspecified atom stereocenters. The molecule has 2 aliphatic rings. The predicted molar refractivity (Wildman–Crippen MR) is 110 cm³/mol. The van der Waals surface area contributed by atoms with Gasteiger partial charge in [0, 0.05) is 26.2 Å². The number of anilines is 1. The Balaban J connectivity index is 1.69. The van der Waals surface area contributed by atoms with Crippen molar-refractivity contribution >= 4 is 45.0 Å². The van der Waals surface area contributed by atoms with E-state index >= 15 is 0 Å². The first-order valence-corrected chi connectivity index (χ1v) is 11.7. The van der Waals surface area contributed by atoms with E-state index in [-0.39, 0.29) is 5.91 Å². The van der Waals surface area contributed by atoms with Crippen molar-refractivity contribution in [3.63, 3.8) is 0 Å². The molecule has 2 aliphatic heterocycles. The lowest BCUT2D eigenvalue weighted by Gasteiger charge is -2.28. The third-order valence-electron chi connectivity index (χ3n) is 5.29. The second-order valence-electron chi connectivity index (χ2n) is 7.12. The summed E-state index contributed by atoms with van der Waals surface area (Å²) in [5, 5.41) is 1.85. The van der Waals surface area contributed by atoms with E-state index in [9.17, 15) is 4.79 Å². The molecule has 140 valence electrons. The van der Waals surface area contributed by atoms with E-state index in [0.717, 1.165) is 65.1 Å². The van der Waals surface area contributed by atoms with E-state index in [4.69, 9.17) is 4.98 Å². The van der Waals surface area contributed by atoms with Crippen LogP contribution in [0.4, 0.5) is 5.82 Å². The highest BCUT2D eigenvalue weighted by Gasteiger charge is 2.23. The van der Waals surface area contributed by atoms with Crippen molar-refractivity contribution < 1.29 is 4.79 Å². The summed E-state index contributed by atoms with van der Waals surface area (Å²) >= 11 is 3.10. The van der Waals surface area contributed by atoms with Crippen LogP contribution in [-0.2, 0) is 0 Å². The van der Waals surface area contributed by atoms with Crippen molar-refractivity contribution in [1.82, 2.24) is 14.9 Å². The number of fused-ring (bicyclic) bond motifs is 1. The molecule has 2 aromatic rings.